The van der Waals surface area contributed by atoms with Crippen molar-refractivity contribution < 1.29 is 14.6 Å². The van der Waals surface area contributed by atoms with Gasteiger partial charge in [0.1, 0.15) is 11.9 Å². The van der Waals surface area contributed by atoms with Crippen molar-refractivity contribution in [3.8, 4) is 11.6 Å². The van der Waals surface area contributed by atoms with Crippen LogP contribution in [-0.2, 0) is 4.79 Å². The van der Waals surface area contributed by atoms with E-state index in [1.54, 1.807) is 12.1 Å². The molecule has 1 amide bonds. The quantitative estimate of drug-likeness (QED) is 0.897. The molecule has 0 aliphatic rings. The van der Waals surface area contributed by atoms with Gasteiger partial charge < -0.3 is 15.2 Å². The molecule has 2 aromatic rings. The van der Waals surface area contributed by atoms with Crippen LogP contribution < -0.4 is 10.1 Å². The lowest BCUT2D eigenvalue weighted by Gasteiger charge is -2.08. The molecule has 0 aliphatic heterocycles. The van der Waals surface area contributed by atoms with Crippen LogP contribution in [-0.4, -0.2) is 22.1 Å². The molecular formula is C15H16N2O3. The number of aromatic nitrogens is 1. The van der Waals surface area contributed by atoms with Gasteiger partial charge in [0.2, 0.25) is 5.88 Å². The third kappa shape index (κ3) is 3.80. The number of benzene rings is 1. The highest BCUT2D eigenvalue weighted by atomic mass is 16.5. The second-order valence-electron chi connectivity index (χ2n) is 4.47. The molecular weight excluding hydrogens is 256 g/mol. The summed E-state index contributed by atoms with van der Waals surface area (Å²) >= 11 is 0. The highest BCUT2D eigenvalue weighted by Gasteiger charge is 2.08. The number of aryl methyl sites for hydroxylation is 1. The van der Waals surface area contributed by atoms with E-state index in [2.05, 4.69) is 10.3 Å². The summed E-state index contributed by atoms with van der Waals surface area (Å²) in [6.45, 7) is 3.40. The molecule has 5 heteroatoms. The number of anilines is 1. The summed E-state index contributed by atoms with van der Waals surface area (Å²) in [7, 11) is 0. The van der Waals surface area contributed by atoms with Crippen LogP contribution >= 0.6 is 0 Å². The predicted octanol–water partition coefficient (Wildman–Crippen LogP) is 2.50. The minimum absolute atomic E-state index is 0.434. The summed E-state index contributed by atoms with van der Waals surface area (Å²) < 4.78 is 5.57. The number of pyridine rings is 1. The van der Waals surface area contributed by atoms with Gasteiger partial charge in [0.15, 0.2) is 0 Å². The van der Waals surface area contributed by atoms with Crippen LogP contribution in [0.5, 0.6) is 11.6 Å². The number of amides is 1. The number of rotatable bonds is 4. The normalized spacial score (nSPS) is 11.8. The SMILES string of the molecule is Cc1ccc(Oc2ccc(NC(=O)C(C)O)cn2)cc1. The lowest BCUT2D eigenvalue weighted by atomic mass is 10.2. The van der Waals surface area contributed by atoms with Gasteiger partial charge in [-0.25, -0.2) is 4.98 Å². The Morgan fingerprint density at radius 3 is 2.50 bits per heavy atom. The summed E-state index contributed by atoms with van der Waals surface area (Å²) in [6, 6.07) is 10.9. The topological polar surface area (TPSA) is 71.5 Å². The molecule has 0 saturated carbocycles. The number of hydrogen-bond donors (Lipinski definition) is 2. The molecule has 5 nitrogen and oxygen atoms in total. The third-order valence-electron chi connectivity index (χ3n) is 2.63. The second-order valence-corrected chi connectivity index (χ2v) is 4.47. The van der Waals surface area contributed by atoms with E-state index in [4.69, 9.17) is 9.84 Å². The summed E-state index contributed by atoms with van der Waals surface area (Å²) in [5.74, 6) is 0.659. The predicted molar refractivity (Wildman–Crippen MR) is 75.8 cm³/mol. The van der Waals surface area contributed by atoms with Crippen molar-refractivity contribution in [3.63, 3.8) is 0 Å². The van der Waals surface area contributed by atoms with Gasteiger partial charge >= 0.3 is 0 Å². The first-order chi connectivity index (χ1) is 9.54. The molecule has 2 rings (SSSR count). The molecule has 104 valence electrons. The van der Waals surface area contributed by atoms with Gasteiger partial charge in [-0.1, -0.05) is 17.7 Å². The summed E-state index contributed by atoms with van der Waals surface area (Å²) in [5.41, 5.74) is 1.66. The van der Waals surface area contributed by atoms with Crippen molar-refractivity contribution >= 4 is 11.6 Å². The number of ether oxygens (including phenoxy) is 1. The first kappa shape index (κ1) is 14.0. The molecule has 1 heterocycles. The molecule has 1 atom stereocenters. The number of aliphatic hydroxyl groups excluding tert-OH is 1. The molecule has 0 saturated heterocycles. The largest absolute Gasteiger partial charge is 0.439 e. The van der Waals surface area contributed by atoms with Crippen LogP contribution in [0.2, 0.25) is 0 Å². The van der Waals surface area contributed by atoms with Crippen LogP contribution in [0.15, 0.2) is 42.6 Å². The molecule has 2 N–H and O–H groups in total. The number of nitrogens with one attached hydrogen (secondary N) is 1. The van der Waals surface area contributed by atoms with Gasteiger partial charge in [0.05, 0.1) is 11.9 Å². The van der Waals surface area contributed by atoms with Crippen LogP contribution in [0.3, 0.4) is 0 Å². The van der Waals surface area contributed by atoms with Crippen LogP contribution in [0.25, 0.3) is 0 Å². The molecule has 20 heavy (non-hydrogen) atoms. The zero-order chi connectivity index (χ0) is 14.5. The Morgan fingerprint density at radius 1 is 1.25 bits per heavy atom. The maximum absolute atomic E-state index is 11.3. The molecule has 0 spiro atoms. The fraction of sp³-hybridized carbons (Fsp3) is 0.200. The van der Waals surface area contributed by atoms with Gasteiger partial charge in [0.25, 0.3) is 5.91 Å². The second kappa shape index (κ2) is 6.16. The molecule has 0 radical (unpaired) electrons. The van der Waals surface area contributed by atoms with Gasteiger partial charge in [-0.05, 0) is 32.0 Å². The van der Waals surface area contributed by atoms with Crippen molar-refractivity contribution in [3.05, 3.63) is 48.2 Å². The maximum Gasteiger partial charge on any atom is 0.252 e. The first-order valence-electron chi connectivity index (χ1n) is 6.24. The van der Waals surface area contributed by atoms with E-state index in [1.165, 1.54) is 13.1 Å². The van der Waals surface area contributed by atoms with Crippen molar-refractivity contribution in [1.82, 2.24) is 4.98 Å². The zero-order valence-corrected chi connectivity index (χ0v) is 11.3. The number of hydrogen-bond acceptors (Lipinski definition) is 4. The average molecular weight is 272 g/mol. The highest BCUT2D eigenvalue weighted by molar-refractivity contribution is 5.93. The van der Waals surface area contributed by atoms with E-state index in [0.717, 1.165) is 5.56 Å². The highest BCUT2D eigenvalue weighted by Crippen LogP contribution is 2.20. The lowest BCUT2D eigenvalue weighted by Crippen LogP contribution is -2.24. The average Bonchev–Trinajstić information content (AvgIpc) is 2.43. The minimum atomic E-state index is -1.06. The van der Waals surface area contributed by atoms with E-state index < -0.39 is 12.0 Å². The fourth-order valence-electron chi connectivity index (χ4n) is 1.49. The minimum Gasteiger partial charge on any atom is -0.439 e. The molecule has 0 aliphatic carbocycles. The van der Waals surface area contributed by atoms with Crippen LogP contribution in [0.4, 0.5) is 5.69 Å². The zero-order valence-electron chi connectivity index (χ0n) is 11.3. The number of aliphatic hydroxyl groups is 1. The lowest BCUT2D eigenvalue weighted by molar-refractivity contribution is -0.123. The van der Waals surface area contributed by atoms with Crippen LogP contribution in [0, 0.1) is 6.92 Å². The Morgan fingerprint density at radius 2 is 1.95 bits per heavy atom. The van der Waals surface area contributed by atoms with Gasteiger partial charge in [-0.3, -0.25) is 4.79 Å². The molecule has 1 unspecified atom stereocenters. The summed E-state index contributed by atoms with van der Waals surface area (Å²) in [6.07, 6.45) is 0.419. The standard InChI is InChI=1S/C15H16N2O3/c1-10-3-6-13(7-4-10)20-14-8-5-12(9-16-14)17-15(19)11(2)18/h3-9,11,18H,1-2H3,(H,17,19). The summed E-state index contributed by atoms with van der Waals surface area (Å²) in [5, 5.41) is 11.6. The van der Waals surface area contributed by atoms with E-state index >= 15 is 0 Å². The number of carbonyl (C=O) groups excluding carboxylic acids is 1. The Labute approximate surface area is 117 Å². The fourth-order valence-corrected chi connectivity index (χ4v) is 1.49. The Hall–Kier alpha value is -2.40. The molecule has 0 bridgehead atoms. The van der Waals surface area contributed by atoms with Gasteiger partial charge in [-0.2, -0.15) is 0 Å². The van der Waals surface area contributed by atoms with E-state index in [-0.39, 0.29) is 0 Å². The Balaban J connectivity index is 2.01. The van der Waals surface area contributed by atoms with Crippen LogP contribution in [0.1, 0.15) is 12.5 Å². The van der Waals surface area contributed by atoms with Crippen molar-refractivity contribution in [2.45, 2.75) is 20.0 Å². The third-order valence-corrected chi connectivity index (χ3v) is 2.63. The van der Waals surface area contributed by atoms with Crippen molar-refractivity contribution in [1.29, 1.82) is 0 Å². The Kier molecular flexibility index (Phi) is 4.32. The number of nitrogens with zero attached hydrogens (tertiary/aromatic N) is 1. The Bertz CT molecular complexity index is 577. The molecule has 1 aromatic heterocycles. The van der Waals surface area contributed by atoms with Crippen molar-refractivity contribution in [2.24, 2.45) is 0 Å². The smallest absolute Gasteiger partial charge is 0.252 e. The summed E-state index contributed by atoms with van der Waals surface area (Å²) in [4.78, 5) is 15.4. The van der Waals surface area contributed by atoms with Gasteiger partial charge in [0, 0.05) is 6.07 Å². The number of carbonyl (C=O) groups is 1. The van der Waals surface area contributed by atoms with E-state index in [1.807, 2.05) is 31.2 Å². The monoisotopic (exact) mass is 272 g/mol. The molecule has 1 aromatic carbocycles. The van der Waals surface area contributed by atoms with E-state index in [0.29, 0.717) is 17.3 Å². The maximum atomic E-state index is 11.3. The molecule has 0 fully saturated rings. The van der Waals surface area contributed by atoms with Crippen molar-refractivity contribution in [2.75, 3.05) is 5.32 Å². The van der Waals surface area contributed by atoms with Gasteiger partial charge in [-0.15, -0.1) is 0 Å². The first-order valence-corrected chi connectivity index (χ1v) is 6.24. The van der Waals surface area contributed by atoms with E-state index in [9.17, 15) is 4.79 Å².